The van der Waals surface area contributed by atoms with E-state index in [1.807, 2.05) is 31.2 Å². The van der Waals surface area contributed by atoms with Gasteiger partial charge in [-0.1, -0.05) is 24.3 Å². The number of thiophene rings is 1. The van der Waals surface area contributed by atoms with Gasteiger partial charge < -0.3 is 0 Å². The van der Waals surface area contributed by atoms with Crippen molar-refractivity contribution in [1.29, 1.82) is 21.0 Å². The summed E-state index contributed by atoms with van der Waals surface area (Å²) in [6.07, 6.45) is 1.76. The van der Waals surface area contributed by atoms with E-state index in [9.17, 15) is 21.0 Å². The Kier molecular flexibility index (Phi) is 4.55. The fourth-order valence-electron chi connectivity index (χ4n) is 3.34. The maximum absolute atomic E-state index is 9.53. The van der Waals surface area contributed by atoms with Crippen LogP contribution in [0.4, 0.5) is 0 Å². The summed E-state index contributed by atoms with van der Waals surface area (Å²) in [5, 5.41) is 38.8. The second kappa shape index (κ2) is 7.19. The molecule has 0 aliphatic heterocycles. The first-order valence-corrected chi connectivity index (χ1v) is 10.0. The van der Waals surface area contributed by atoms with Gasteiger partial charge in [-0.25, -0.2) is 4.98 Å². The average molecular weight is 407 g/mol. The SMILES string of the molecule is Cc1cc2sc(C=C3C(=C(C#N)C#N)c4ccccc4C3=C(C#N)C#N)nc2s1. The van der Waals surface area contributed by atoms with Crippen molar-refractivity contribution in [3.63, 3.8) is 0 Å². The van der Waals surface area contributed by atoms with Crippen LogP contribution in [-0.4, -0.2) is 4.98 Å². The van der Waals surface area contributed by atoms with Gasteiger partial charge in [0.05, 0.1) is 4.70 Å². The summed E-state index contributed by atoms with van der Waals surface area (Å²) in [5.41, 5.74) is 2.54. The summed E-state index contributed by atoms with van der Waals surface area (Å²) in [6.45, 7) is 2.02. The van der Waals surface area contributed by atoms with Crippen molar-refractivity contribution in [2.75, 3.05) is 0 Å². The average Bonchev–Trinajstić information content (AvgIpc) is 3.35. The van der Waals surface area contributed by atoms with E-state index in [2.05, 4.69) is 11.1 Å². The van der Waals surface area contributed by atoms with Crippen LogP contribution in [0.25, 0.3) is 26.8 Å². The van der Waals surface area contributed by atoms with E-state index in [4.69, 9.17) is 0 Å². The Bertz CT molecular complexity index is 1320. The Morgan fingerprint density at radius 1 is 0.897 bits per heavy atom. The van der Waals surface area contributed by atoms with E-state index in [0.29, 0.717) is 32.9 Å². The lowest BCUT2D eigenvalue weighted by Gasteiger charge is -2.04. The van der Waals surface area contributed by atoms with Gasteiger partial charge >= 0.3 is 0 Å². The number of thiazole rings is 1. The zero-order valence-electron chi connectivity index (χ0n) is 15.0. The van der Waals surface area contributed by atoms with Crippen LogP contribution in [0.2, 0.25) is 0 Å². The molecule has 0 amide bonds. The highest BCUT2D eigenvalue weighted by Gasteiger charge is 2.32. The summed E-state index contributed by atoms with van der Waals surface area (Å²) in [4.78, 5) is 6.71. The highest BCUT2D eigenvalue weighted by Crippen LogP contribution is 2.49. The predicted octanol–water partition coefficient (Wildman–Crippen LogP) is 5.36. The molecule has 0 spiro atoms. The Balaban J connectivity index is 2.09. The van der Waals surface area contributed by atoms with Gasteiger partial charge in [-0.15, -0.1) is 22.7 Å². The Hall–Kier alpha value is -4.01. The fraction of sp³-hybridized carbons (Fsp3) is 0.0455. The fourth-order valence-corrected chi connectivity index (χ4v) is 5.42. The first-order valence-electron chi connectivity index (χ1n) is 8.39. The highest BCUT2D eigenvalue weighted by atomic mass is 32.1. The van der Waals surface area contributed by atoms with Crippen molar-refractivity contribution in [2.24, 2.45) is 0 Å². The van der Waals surface area contributed by atoms with E-state index in [-0.39, 0.29) is 11.1 Å². The number of hydrogen-bond acceptors (Lipinski definition) is 7. The van der Waals surface area contributed by atoms with Gasteiger partial charge in [0, 0.05) is 16.0 Å². The maximum Gasteiger partial charge on any atom is 0.138 e. The number of allylic oxidation sites excluding steroid dienone is 5. The lowest BCUT2D eigenvalue weighted by Crippen LogP contribution is -1.89. The number of nitrogens with zero attached hydrogens (tertiary/aromatic N) is 5. The number of aromatic nitrogens is 1. The van der Waals surface area contributed by atoms with Crippen molar-refractivity contribution in [3.8, 4) is 24.3 Å². The molecule has 3 aromatic rings. The molecule has 1 aromatic carbocycles. The molecule has 4 rings (SSSR count). The van der Waals surface area contributed by atoms with Crippen LogP contribution in [-0.2, 0) is 0 Å². The molecular formula is C22H9N5S2. The van der Waals surface area contributed by atoms with Crippen molar-refractivity contribution in [2.45, 2.75) is 6.92 Å². The zero-order valence-corrected chi connectivity index (χ0v) is 16.6. The summed E-state index contributed by atoms with van der Waals surface area (Å²) < 4.78 is 1.05. The summed E-state index contributed by atoms with van der Waals surface area (Å²) in [7, 11) is 0. The minimum absolute atomic E-state index is 0.0665. The number of rotatable bonds is 1. The molecule has 134 valence electrons. The third-order valence-corrected chi connectivity index (χ3v) is 6.47. The molecule has 29 heavy (non-hydrogen) atoms. The summed E-state index contributed by atoms with van der Waals surface area (Å²) in [5.74, 6) is 0. The second-order valence-electron chi connectivity index (χ2n) is 6.13. The molecule has 0 bridgehead atoms. The topological polar surface area (TPSA) is 108 Å². The van der Waals surface area contributed by atoms with E-state index < -0.39 is 0 Å². The normalized spacial score (nSPS) is 12.0. The predicted molar refractivity (Wildman–Crippen MR) is 113 cm³/mol. The van der Waals surface area contributed by atoms with E-state index in [1.54, 1.807) is 41.7 Å². The van der Waals surface area contributed by atoms with Gasteiger partial charge in [0.15, 0.2) is 0 Å². The van der Waals surface area contributed by atoms with Crippen LogP contribution in [0, 0.1) is 52.2 Å². The number of nitriles is 4. The molecule has 0 saturated heterocycles. The quantitative estimate of drug-likeness (QED) is 0.504. The van der Waals surface area contributed by atoms with Crippen molar-refractivity contribution >= 4 is 49.4 Å². The van der Waals surface area contributed by atoms with Crippen LogP contribution in [0.1, 0.15) is 21.0 Å². The highest BCUT2D eigenvalue weighted by molar-refractivity contribution is 7.27. The zero-order chi connectivity index (χ0) is 20.5. The van der Waals surface area contributed by atoms with E-state index in [1.165, 1.54) is 16.2 Å². The summed E-state index contributed by atoms with van der Waals surface area (Å²) >= 11 is 3.07. The van der Waals surface area contributed by atoms with Crippen LogP contribution in [0.5, 0.6) is 0 Å². The molecule has 2 heterocycles. The molecule has 0 fully saturated rings. The molecule has 5 nitrogen and oxygen atoms in total. The number of hydrogen-bond donors (Lipinski definition) is 0. The number of fused-ring (bicyclic) bond motifs is 2. The van der Waals surface area contributed by atoms with Crippen LogP contribution < -0.4 is 0 Å². The van der Waals surface area contributed by atoms with Gasteiger partial charge in [-0.3, -0.25) is 0 Å². The second-order valence-corrected chi connectivity index (χ2v) is 8.43. The van der Waals surface area contributed by atoms with E-state index in [0.717, 1.165) is 9.53 Å². The van der Waals surface area contributed by atoms with Crippen LogP contribution >= 0.6 is 22.7 Å². The lowest BCUT2D eigenvalue weighted by atomic mass is 9.96. The largest absolute Gasteiger partial charge is 0.226 e. The van der Waals surface area contributed by atoms with Gasteiger partial charge in [0.25, 0.3) is 0 Å². The molecule has 0 atom stereocenters. The molecule has 1 aliphatic rings. The van der Waals surface area contributed by atoms with Gasteiger partial charge in [-0.05, 0) is 35.8 Å². The minimum atomic E-state index is -0.0665. The van der Waals surface area contributed by atoms with Crippen molar-refractivity contribution < 1.29 is 0 Å². The first-order chi connectivity index (χ1) is 14.1. The summed E-state index contributed by atoms with van der Waals surface area (Å²) in [6, 6.07) is 17.0. The molecule has 0 N–H and O–H groups in total. The molecular weight excluding hydrogens is 398 g/mol. The molecule has 0 radical (unpaired) electrons. The monoisotopic (exact) mass is 407 g/mol. The third kappa shape index (κ3) is 2.92. The molecule has 7 heteroatoms. The standard InChI is InChI=1S/C22H9N5S2/c1-12-6-18-22(28-12)27-19(29-18)7-17-20(13(8-23)9-24)15-4-2-3-5-16(15)21(17)14(10-25)11-26/h2-7H,1H3. The molecule has 2 aromatic heterocycles. The lowest BCUT2D eigenvalue weighted by molar-refractivity contribution is 1.45. The Morgan fingerprint density at radius 3 is 1.93 bits per heavy atom. The van der Waals surface area contributed by atoms with E-state index >= 15 is 0 Å². The van der Waals surface area contributed by atoms with Crippen molar-refractivity contribution in [3.05, 3.63) is 68.1 Å². The van der Waals surface area contributed by atoms with Gasteiger partial charge in [-0.2, -0.15) is 21.0 Å². The first kappa shape index (κ1) is 18.4. The Morgan fingerprint density at radius 2 is 1.45 bits per heavy atom. The van der Waals surface area contributed by atoms with Crippen LogP contribution in [0.15, 0.2) is 47.1 Å². The van der Waals surface area contributed by atoms with Gasteiger partial charge in [0.1, 0.15) is 45.3 Å². The number of aryl methyl sites for hydroxylation is 1. The van der Waals surface area contributed by atoms with Gasteiger partial charge in [0.2, 0.25) is 0 Å². The minimum Gasteiger partial charge on any atom is -0.226 e. The Labute approximate surface area is 174 Å². The number of benzene rings is 1. The van der Waals surface area contributed by atoms with Crippen molar-refractivity contribution in [1.82, 2.24) is 4.98 Å². The third-order valence-electron chi connectivity index (χ3n) is 4.45. The molecule has 0 unspecified atom stereocenters. The maximum atomic E-state index is 9.53. The van der Waals surface area contributed by atoms with Crippen LogP contribution in [0.3, 0.4) is 0 Å². The molecule has 0 saturated carbocycles. The smallest absolute Gasteiger partial charge is 0.138 e. The molecule has 1 aliphatic carbocycles.